The summed E-state index contributed by atoms with van der Waals surface area (Å²) in [6.07, 6.45) is 7.07. The second kappa shape index (κ2) is 9.96. The molecule has 178 valence electrons. The number of piperidine rings is 1. The minimum Gasteiger partial charge on any atom is -0.381 e. The predicted molar refractivity (Wildman–Crippen MR) is 126 cm³/mol. The first-order chi connectivity index (χ1) is 15.2. The number of hydrogen-bond donors (Lipinski definition) is 2. The molecule has 0 atom stereocenters. The standard InChI is InChI=1S/C25H37ClFN3O2/c1-24(2,29-25(7-8-25)20-5-11-32-12-6-20)17-30-9-3-18(4-10-30)16-28-23(31)19-13-21(26)15-22(27)14-19/h13-15,18,20,29H,3-12,16-17H2,1-2H3,(H,28,31). The third kappa shape index (κ3) is 6.22. The fourth-order valence-corrected chi connectivity index (χ4v) is 5.89. The van der Waals surface area contributed by atoms with E-state index in [0.29, 0.717) is 18.0 Å². The molecule has 1 aliphatic carbocycles. The Balaban J connectivity index is 1.20. The van der Waals surface area contributed by atoms with Gasteiger partial charge in [-0.25, -0.2) is 4.39 Å². The maximum Gasteiger partial charge on any atom is 0.251 e. The number of carbonyl (C=O) groups excluding carboxylic acids is 1. The number of nitrogens with zero attached hydrogens (tertiary/aromatic N) is 1. The highest BCUT2D eigenvalue weighted by Gasteiger charge is 2.51. The molecule has 2 N–H and O–H groups in total. The lowest BCUT2D eigenvalue weighted by Gasteiger charge is -2.42. The van der Waals surface area contributed by atoms with E-state index in [1.165, 1.54) is 43.9 Å². The summed E-state index contributed by atoms with van der Waals surface area (Å²) in [4.78, 5) is 14.9. The molecule has 0 unspecified atom stereocenters. The number of nitrogens with one attached hydrogen (secondary N) is 2. The predicted octanol–water partition coefficient (Wildman–Crippen LogP) is 4.25. The Kier molecular flexibility index (Phi) is 7.45. The van der Waals surface area contributed by atoms with Crippen LogP contribution in [0.2, 0.25) is 5.02 Å². The summed E-state index contributed by atoms with van der Waals surface area (Å²) in [7, 11) is 0. The normalized spacial score (nSPS) is 22.6. The van der Waals surface area contributed by atoms with E-state index in [1.807, 2.05) is 0 Å². The Morgan fingerprint density at radius 1 is 1.19 bits per heavy atom. The Morgan fingerprint density at radius 3 is 2.50 bits per heavy atom. The first-order valence-corrected chi connectivity index (χ1v) is 12.5. The van der Waals surface area contributed by atoms with Crippen LogP contribution in [0, 0.1) is 17.7 Å². The third-order valence-corrected chi connectivity index (χ3v) is 7.60. The van der Waals surface area contributed by atoms with Crippen molar-refractivity contribution in [2.24, 2.45) is 11.8 Å². The largest absolute Gasteiger partial charge is 0.381 e. The van der Waals surface area contributed by atoms with Gasteiger partial charge in [0.1, 0.15) is 5.82 Å². The van der Waals surface area contributed by atoms with Crippen molar-refractivity contribution in [2.45, 2.75) is 63.5 Å². The quantitative estimate of drug-likeness (QED) is 0.602. The van der Waals surface area contributed by atoms with Gasteiger partial charge < -0.3 is 20.3 Å². The fourth-order valence-electron chi connectivity index (χ4n) is 5.67. The lowest BCUT2D eigenvalue weighted by Crippen LogP contribution is -2.57. The minimum absolute atomic E-state index is 0.0759. The number of ether oxygens (including phenoxy) is 1. The van der Waals surface area contributed by atoms with E-state index in [4.69, 9.17) is 16.3 Å². The maximum atomic E-state index is 13.5. The van der Waals surface area contributed by atoms with Crippen molar-refractivity contribution in [3.63, 3.8) is 0 Å². The molecule has 0 aromatic heterocycles. The highest BCUT2D eigenvalue weighted by molar-refractivity contribution is 6.31. The van der Waals surface area contributed by atoms with E-state index in [9.17, 15) is 9.18 Å². The zero-order valence-electron chi connectivity index (χ0n) is 19.4. The zero-order chi connectivity index (χ0) is 22.8. The van der Waals surface area contributed by atoms with E-state index in [1.54, 1.807) is 0 Å². The van der Waals surface area contributed by atoms with Crippen LogP contribution in [0.25, 0.3) is 0 Å². The average molecular weight is 466 g/mol. The molecule has 2 aliphatic heterocycles. The summed E-state index contributed by atoms with van der Waals surface area (Å²) in [6, 6.07) is 3.94. The van der Waals surface area contributed by atoms with Crippen LogP contribution in [-0.2, 0) is 4.74 Å². The molecular formula is C25H37ClFN3O2. The topological polar surface area (TPSA) is 53.6 Å². The van der Waals surface area contributed by atoms with Crippen LogP contribution in [0.1, 0.15) is 62.7 Å². The minimum atomic E-state index is -0.489. The van der Waals surface area contributed by atoms with Gasteiger partial charge in [-0.05, 0) is 95.5 Å². The number of amides is 1. The summed E-state index contributed by atoms with van der Waals surface area (Å²) in [6.45, 7) is 10.2. The van der Waals surface area contributed by atoms with Crippen molar-refractivity contribution in [3.8, 4) is 0 Å². The monoisotopic (exact) mass is 465 g/mol. The molecule has 1 aromatic rings. The fraction of sp³-hybridized carbons (Fsp3) is 0.720. The maximum absolute atomic E-state index is 13.5. The number of hydrogen-bond acceptors (Lipinski definition) is 4. The molecule has 2 saturated heterocycles. The summed E-state index contributed by atoms with van der Waals surface area (Å²) in [5, 5.41) is 7.24. The molecule has 2 heterocycles. The molecular weight excluding hydrogens is 429 g/mol. The number of benzene rings is 1. The Morgan fingerprint density at radius 2 is 1.88 bits per heavy atom. The van der Waals surface area contributed by atoms with E-state index in [2.05, 4.69) is 29.4 Å². The van der Waals surface area contributed by atoms with E-state index in [-0.39, 0.29) is 22.0 Å². The Hall–Kier alpha value is -1.21. The SMILES string of the molecule is CC(C)(CN1CCC(CNC(=O)c2cc(F)cc(Cl)c2)CC1)NC1(C2CCOCC2)CC1. The molecule has 1 aromatic carbocycles. The van der Waals surface area contributed by atoms with Crippen LogP contribution < -0.4 is 10.6 Å². The van der Waals surface area contributed by atoms with Gasteiger partial charge in [0, 0.05) is 48.0 Å². The van der Waals surface area contributed by atoms with Gasteiger partial charge >= 0.3 is 0 Å². The molecule has 4 rings (SSSR count). The third-order valence-electron chi connectivity index (χ3n) is 7.38. The van der Waals surface area contributed by atoms with Crippen LogP contribution in [0.3, 0.4) is 0 Å². The van der Waals surface area contributed by atoms with Crippen molar-refractivity contribution in [1.29, 1.82) is 0 Å². The summed E-state index contributed by atoms with van der Waals surface area (Å²) in [5.74, 6) is 0.448. The second-order valence-corrected chi connectivity index (χ2v) is 11.1. The molecule has 3 aliphatic rings. The molecule has 5 nitrogen and oxygen atoms in total. The van der Waals surface area contributed by atoms with Gasteiger partial charge in [-0.2, -0.15) is 0 Å². The van der Waals surface area contributed by atoms with Gasteiger partial charge in [-0.15, -0.1) is 0 Å². The van der Waals surface area contributed by atoms with Crippen molar-refractivity contribution in [1.82, 2.24) is 15.5 Å². The van der Waals surface area contributed by atoms with Crippen LogP contribution in [0.15, 0.2) is 18.2 Å². The van der Waals surface area contributed by atoms with Gasteiger partial charge in [-0.3, -0.25) is 4.79 Å². The molecule has 0 spiro atoms. The van der Waals surface area contributed by atoms with Crippen LogP contribution in [-0.4, -0.2) is 61.3 Å². The van der Waals surface area contributed by atoms with Crippen molar-refractivity contribution >= 4 is 17.5 Å². The molecule has 0 bridgehead atoms. The first kappa shape index (κ1) is 23.9. The van der Waals surface area contributed by atoms with E-state index >= 15 is 0 Å². The van der Waals surface area contributed by atoms with Crippen molar-refractivity contribution in [2.75, 3.05) is 39.4 Å². The molecule has 3 fully saturated rings. The Bertz CT molecular complexity index is 780. The first-order valence-electron chi connectivity index (χ1n) is 12.1. The highest BCUT2D eigenvalue weighted by atomic mass is 35.5. The van der Waals surface area contributed by atoms with Crippen LogP contribution >= 0.6 is 11.6 Å². The molecule has 1 saturated carbocycles. The molecule has 32 heavy (non-hydrogen) atoms. The van der Waals surface area contributed by atoms with Gasteiger partial charge in [0.05, 0.1) is 0 Å². The number of halogens is 2. The molecule has 7 heteroatoms. The second-order valence-electron chi connectivity index (χ2n) is 10.6. The average Bonchev–Trinajstić information content (AvgIpc) is 3.52. The summed E-state index contributed by atoms with van der Waals surface area (Å²) < 4.78 is 19.1. The molecule has 1 amide bonds. The highest BCUT2D eigenvalue weighted by Crippen LogP contribution is 2.47. The smallest absolute Gasteiger partial charge is 0.251 e. The summed E-state index contributed by atoms with van der Waals surface area (Å²) in [5.41, 5.74) is 0.682. The Labute approximate surface area is 196 Å². The lowest BCUT2D eigenvalue weighted by molar-refractivity contribution is 0.0407. The number of carbonyl (C=O) groups is 1. The van der Waals surface area contributed by atoms with Gasteiger partial charge in [0.2, 0.25) is 0 Å². The van der Waals surface area contributed by atoms with Crippen LogP contribution in [0.4, 0.5) is 4.39 Å². The van der Waals surface area contributed by atoms with Crippen molar-refractivity contribution in [3.05, 3.63) is 34.6 Å². The number of likely N-dealkylation sites (tertiary alicyclic amines) is 1. The van der Waals surface area contributed by atoms with Crippen LogP contribution in [0.5, 0.6) is 0 Å². The van der Waals surface area contributed by atoms with Gasteiger partial charge in [0.15, 0.2) is 0 Å². The molecule has 0 radical (unpaired) electrons. The summed E-state index contributed by atoms with van der Waals surface area (Å²) >= 11 is 5.86. The van der Waals surface area contributed by atoms with Gasteiger partial charge in [0.25, 0.3) is 5.91 Å². The van der Waals surface area contributed by atoms with E-state index < -0.39 is 5.82 Å². The van der Waals surface area contributed by atoms with E-state index in [0.717, 1.165) is 51.6 Å². The zero-order valence-corrected chi connectivity index (χ0v) is 20.1. The van der Waals surface area contributed by atoms with Crippen molar-refractivity contribution < 1.29 is 13.9 Å². The number of rotatable bonds is 8. The lowest BCUT2D eigenvalue weighted by atomic mass is 9.87. The van der Waals surface area contributed by atoms with Gasteiger partial charge in [-0.1, -0.05) is 11.6 Å².